The lowest BCUT2D eigenvalue weighted by atomic mass is 10.1. The summed E-state index contributed by atoms with van der Waals surface area (Å²) in [6.07, 6.45) is -1.25. The van der Waals surface area contributed by atoms with Gasteiger partial charge in [-0.1, -0.05) is 36.4 Å². The minimum absolute atomic E-state index is 0.00716. The van der Waals surface area contributed by atoms with E-state index in [2.05, 4.69) is 0 Å². The predicted octanol–water partition coefficient (Wildman–Crippen LogP) is 1.96. The van der Waals surface area contributed by atoms with Crippen molar-refractivity contribution >= 4 is 19.9 Å². The third-order valence-corrected chi connectivity index (χ3v) is 8.93. The molecule has 0 bridgehead atoms. The Morgan fingerprint density at radius 2 is 1.61 bits per heavy atom. The lowest BCUT2D eigenvalue weighted by Crippen LogP contribution is -2.46. The summed E-state index contributed by atoms with van der Waals surface area (Å²) in [5, 5.41) is 10.4. The highest BCUT2D eigenvalue weighted by molar-refractivity contribution is 7.92. The van der Waals surface area contributed by atoms with Crippen LogP contribution in [0, 0.1) is 20.8 Å². The first-order valence-electron chi connectivity index (χ1n) is 9.03. The van der Waals surface area contributed by atoms with Gasteiger partial charge < -0.3 is 5.11 Å². The SMILES string of the molecule is Cc1cc(C)c(S(=O)(=O)N(Cc2ccccc2)[C@@H]2CS(=O)(=O)C[C@H]2O)cc1C. The molecule has 1 heterocycles. The van der Waals surface area contributed by atoms with E-state index in [1.807, 2.05) is 26.0 Å². The fraction of sp³-hybridized carbons (Fsp3) is 0.400. The first kappa shape index (κ1) is 21.0. The number of rotatable bonds is 5. The molecule has 6 nitrogen and oxygen atoms in total. The molecule has 0 saturated carbocycles. The molecule has 0 radical (unpaired) electrons. The molecule has 1 aliphatic heterocycles. The average molecular weight is 424 g/mol. The van der Waals surface area contributed by atoms with E-state index in [1.54, 1.807) is 37.3 Å². The lowest BCUT2D eigenvalue weighted by molar-refractivity contribution is 0.125. The summed E-state index contributed by atoms with van der Waals surface area (Å²) in [7, 11) is -7.53. The van der Waals surface area contributed by atoms with Crippen LogP contribution in [-0.2, 0) is 26.4 Å². The smallest absolute Gasteiger partial charge is 0.244 e. The van der Waals surface area contributed by atoms with Crippen molar-refractivity contribution in [1.29, 1.82) is 0 Å². The second-order valence-corrected chi connectivity index (χ2v) is 11.5. The summed E-state index contributed by atoms with van der Waals surface area (Å²) < 4.78 is 52.4. The Bertz CT molecular complexity index is 1080. The van der Waals surface area contributed by atoms with Gasteiger partial charge >= 0.3 is 0 Å². The number of nitrogens with zero attached hydrogens (tertiary/aromatic N) is 1. The van der Waals surface area contributed by atoms with Crippen LogP contribution in [0.3, 0.4) is 0 Å². The van der Waals surface area contributed by atoms with Crippen LogP contribution in [0.5, 0.6) is 0 Å². The van der Waals surface area contributed by atoms with Gasteiger partial charge in [0, 0.05) is 6.54 Å². The number of benzene rings is 2. The van der Waals surface area contributed by atoms with E-state index in [-0.39, 0.29) is 17.2 Å². The molecule has 0 amide bonds. The van der Waals surface area contributed by atoms with Crippen molar-refractivity contribution in [1.82, 2.24) is 4.31 Å². The molecule has 0 aromatic heterocycles. The highest BCUT2D eigenvalue weighted by atomic mass is 32.2. The molecule has 2 aromatic carbocycles. The zero-order valence-corrected chi connectivity index (χ0v) is 17.8. The van der Waals surface area contributed by atoms with E-state index in [1.165, 1.54) is 0 Å². The summed E-state index contributed by atoms with van der Waals surface area (Å²) in [6.45, 7) is 5.46. The monoisotopic (exact) mass is 423 g/mol. The molecule has 2 aromatic rings. The van der Waals surface area contributed by atoms with E-state index >= 15 is 0 Å². The van der Waals surface area contributed by atoms with Crippen molar-refractivity contribution in [2.45, 2.75) is 44.4 Å². The van der Waals surface area contributed by atoms with Crippen LogP contribution in [0.4, 0.5) is 0 Å². The molecule has 3 rings (SSSR count). The molecule has 1 aliphatic rings. The summed E-state index contributed by atoms with van der Waals surface area (Å²) in [5.41, 5.74) is 3.14. The van der Waals surface area contributed by atoms with Crippen molar-refractivity contribution in [2.75, 3.05) is 11.5 Å². The second-order valence-electron chi connectivity index (χ2n) is 7.45. The van der Waals surface area contributed by atoms with Gasteiger partial charge in [-0.15, -0.1) is 0 Å². The van der Waals surface area contributed by atoms with Crippen molar-refractivity contribution in [3.8, 4) is 0 Å². The van der Waals surface area contributed by atoms with Gasteiger partial charge in [0.15, 0.2) is 9.84 Å². The number of hydrogen-bond acceptors (Lipinski definition) is 5. The van der Waals surface area contributed by atoms with Crippen molar-refractivity contribution in [2.24, 2.45) is 0 Å². The second kappa shape index (κ2) is 7.59. The van der Waals surface area contributed by atoms with Crippen molar-refractivity contribution in [3.05, 3.63) is 64.7 Å². The first-order chi connectivity index (χ1) is 13.0. The molecule has 1 fully saturated rings. The lowest BCUT2D eigenvalue weighted by Gasteiger charge is -2.30. The topological polar surface area (TPSA) is 91.8 Å². The van der Waals surface area contributed by atoms with Crippen LogP contribution in [0.1, 0.15) is 22.3 Å². The van der Waals surface area contributed by atoms with Crippen LogP contribution in [-0.4, -0.2) is 49.9 Å². The number of aryl methyl sites for hydroxylation is 3. The van der Waals surface area contributed by atoms with E-state index in [0.717, 1.165) is 21.0 Å². The van der Waals surface area contributed by atoms with Gasteiger partial charge in [-0.2, -0.15) is 4.31 Å². The Morgan fingerprint density at radius 3 is 2.18 bits per heavy atom. The van der Waals surface area contributed by atoms with Crippen LogP contribution < -0.4 is 0 Å². The Morgan fingerprint density at radius 1 is 1.00 bits per heavy atom. The summed E-state index contributed by atoms with van der Waals surface area (Å²) in [4.78, 5) is 0.142. The number of sulfonamides is 1. The average Bonchev–Trinajstić information content (AvgIpc) is 2.88. The fourth-order valence-electron chi connectivity index (χ4n) is 3.57. The number of aliphatic hydroxyl groups is 1. The quantitative estimate of drug-likeness (QED) is 0.794. The standard InChI is InChI=1S/C20H25NO5S2/c1-14-9-16(3)20(10-15(14)2)28(25,26)21(11-17-7-5-4-6-8-17)18-12-27(23,24)13-19(18)22/h4-10,18-19,22H,11-13H2,1-3H3/t18-,19-/m1/s1. The molecule has 152 valence electrons. The third-order valence-electron chi connectivity index (χ3n) is 5.22. The molecule has 1 saturated heterocycles. The number of aliphatic hydroxyl groups excluding tert-OH is 1. The van der Waals surface area contributed by atoms with Gasteiger partial charge in [0.1, 0.15) is 0 Å². The van der Waals surface area contributed by atoms with Crippen LogP contribution in [0.2, 0.25) is 0 Å². The van der Waals surface area contributed by atoms with Crippen LogP contribution in [0.15, 0.2) is 47.4 Å². The summed E-state index contributed by atoms with van der Waals surface area (Å²) in [6, 6.07) is 11.4. The molecular weight excluding hydrogens is 398 g/mol. The van der Waals surface area contributed by atoms with Crippen molar-refractivity contribution < 1.29 is 21.9 Å². The van der Waals surface area contributed by atoms with Crippen LogP contribution >= 0.6 is 0 Å². The molecule has 8 heteroatoms. The highest BCUT2D eigenvalue weighted by Crippen LogP contribution is 2.30. The van der Waals surface area contributed by atoms with E-state index in [4.69, 9.17) is 0 Å². The number of hydrogen-bond donors (Lipinski definition) is 1. The fourth-order valence-corrected chi connectivity index (χ4v) is 7.40. The molecule has 28 heavy (non-hydrogen) atoms. The highest BCUT2D eigenvalue weighted by Gasteiger charge is 2.45. The Hall–Kier alpha value is -1.74. The maximum absolute atomic E-state index is 13.6. The van der Waals surface area contributed by atoms with E-state index < -0.39 is 37.8 Å². The summed E-state index contributed by atoms with van der Waals surface area (Å²) >= 11 is 0. The molecule has 0 unspecified atom stereocenters. The molecule has 0 aliphatic carbocycles. The van der Waals surface area contributed by atoms with Gasteiger partial charge in [-0.25, -0.2) is 16.8 Å². The third kappa shape index (κ3) is 4.15. The van der Waals surface area contributed by atoms with E-state index in [9.17, 15) is 21.9 Å². The van der Waals surface area contributed by atoms with Gasteiger partial charge in [-0.3, -0.25) is 0 Å². The van der Waals surface area contributed by atoms with Crippen LogP contribution in [0.25, 0.3) is 0 Å². The Balaban J connectivity index is 2.11. The van der Waals surface area contributed by atoms with Gasteiger partial charge in [0.2, 0.25) is 10.0 Å². The van der Waals surface area contributed by atoms with Crippen molar-refractivity contribution in [3.63, 3.8) is 0 Å². The molecule has 2 atom stereocenters. The molecular formula is C20H25NO5S2. The first-order valence-corrected chi connectivity index (χ1v) is 12.3. The minimum atomic E-state index is -4.03. The van der Waals surface area contributed by atoms with Gasteiger partial charge in [-0.05, 0) is 49.1 Å². The summed E-state index contributed by atoms with van der Waals surface area (Å²) in [5.74, 6) is -0.811. The van der Waals surface area contributed by atoms with Gasteiger partial charge in [0.25, 0.3) is 0 Å². The Kier molecular flexibility index (Phi) is 5.69. The Labute approximate surface area is 166 Å². The maximum Gasteiger partial charge on any atom is 0.244 e. The van der Waals surface area contributed by atoms with Gasteiger partial charge in [0.05, 0.1) is 28.5 Å². The molecule has 1 N–H and O–H groups in total. The number of sulfone groups is 1. The zero-order chi connectivity index (χ0) is 20.7. The van der Waals surface area contributed by atoms with E-state index in [0.29, 0.717) is 5.56 Å². The maximum atomic E-state index is 13.6. The largest absolute Gasteiger partial charge is 0.390 e. The molecule has 0 spiro atoms. The predicted molar refractivity (Wildman–Crippen MR) is 108 cm³/mol. The minimum Gasteiger partial charge on any atom is -0.390 e. The zero-order valence-electron chi connectivity index (χ0n) is 16.2. The normalized spacial score (nSPS) is 21.9.